The summed E-state index contributed by atoms with van der Waals surface area (Å²) in [5, 5.41) is 28.9. The van der Waals surface area contributed by atoms with Gasteiger partial charge in [0, 0.05) is 17.5 Å². The molecule has 8 nitrogen and oxygen atoms in total. The van der Waals surface area contributed by atoms with E-state index in [4.69, 9.17) is 10.3 Å². The fourth-order valence-electron chi connectivity index (χ4n) is 1.97. The van der Waals surface area contributed by atoms with Crippen molar-refractivity contribution in [3.63, 3.8) is 0 Å². The number of rotatable bonds is 7. The Balaban J connectivity index is 2.85. The average molecular weight is 408 g/mol. The van der Waals surface area contributed by atoms with E-state index in [0.717, 1.165) is 5.48 Å². The number of hydroxylamine groups is 1. The number of aliphatic hydroxyl groups is 1. The zero-order valence-corrected chi connectivity index (χ0v) is 15.2. The van der Waals surface area contributed by atoms with Crippen LogP contribution >= 0.6 is 0 Å². The van der Waals surface area contributed by atoms with Gasteiger partial charge in [-0.15, -0.1) is 0 Å². The van der Waals surface area contributed by atoms with Crippen molar-refractivity contribution < 1.29 is 38.6 Å². The summed E-state index contributed by atoms with van der Waals surface area (Å²) in [6.07, 6.45) is -3.31. The van der Waals surface area contributed by atoms with Gasteiger partial charge in [0.1, 0.15) is 6.04 Å². The minimum Gasteiger partial charge on any atom is -0.481 e. The molecule has 2 amide bonds. The number of aliphatic carboxylic acids is 1. The van der Waals surface area contributed by atoms with E-state index in [2.05, 4.69) is 23.7 Å². The van der Waals surface area contributed by atoms with Crippen LogP contribution in [-0.4, -0.2) is 51.3 Å². The van der Waals surface area contributed by atoms with Crippen LogP contribution in [0.4, 0.5) is 8.78 Å². The molecule has 0 aromatic heterocycles. The lowest BCUT2D eigenvalue weighted by Gasteiger charge is -2.30. The molecule has 0 aliphatic rings. The summed E-state index contributed by atoms with van der Waals surface area (Å²) in [7, 11) is 0. The van der Waals surface area contributed by atoms with Gasteiger partial charge in [-0.3, -0.25) is 19.6 Å². The van der Waals surface area contributed by atoms with Crippen molar-refractivity contribution in [1.29, 1.82) is 0 Å². The number of carbonyl (C=O) groups excluding carboxylic acids is 2. The van der Waals surface area contributed by atoms with Crippen LogP contribution < -0.4 is 10.8 Å². The molecule has 2 unspecified atom stereocenters. The molecule has 1 rings (SSSR count). The van der Waals surface area contributed by atoms with Crippen molar-refractivity contribution in [2.75, 3.05) is 0 Å². The summed E-state index contributed by atoms with van der Waals surface area (Å²) in [5.74, 6) is 6.91. The Bertz CT molecular complexity index is 876. The van der Waals surface area contributed by atoms with Crippen LogP contribution in [0.25, 0.3) is 0 Å². The van der Waals surface area contributed by atoms with Crippen molar-refractivity contribution >= 4 is 17.8 Å². The first-order valence-corrected chi connectivity index (χ1v) is 8.15. The van der Waals surface area contributed by atoms with E-state index in [0.29, 0.717) is 12.5 Å². The maximum absolute atomic E-state index is 13.0. The average Bonchev–Trinajstić information content (AvgIpc) is 2.67. The van der Waals surface area contributed by atoms with E-state index in [1.54, 1.807) is 0 Å². The lowest BCUT2D eigenvalue weighted by molar-refractivity contribution is -0.149. The van der Waals surface area contributed by atoms with Crippen LogP contribution in [0.2, 0.25) is 0 Å². The third-order valence-corrected chi connectivity index (χ3v) is 3.64. The van der Waals surface area contributed by atoms with E-state index in [-0.39, 0.29) is 18.4 Å². The van der Waals surface area contributed by atoms with Gasteiger partial charge in [-0.1, -0.05) is 11.8 Å². The van der Waals surface area contributed by atoms with Crippen LogP contribution in [0.3, 0.4) is 0 Å². The highest BCUT2D eigenvalue weighted by Gasteiger charge is 2.46. The number of carbonyl (C=O) groups is 3. The molecule has 0 fully saturated rings. The number of carboxylic acids is 1. The van der Waals surface area contributed by atoms with Crippen LogP contribution in [-0.2, 0) is 9.59 Å². The second kappa shape index (κ2) is 10.8. The highest BCUT2D eigenvalue weighted by molar-refractivity contribution is 5.97. The highest BCUT2D eigenvalue weighted by Crippen LogP contribution is 2.20. The predicted molar refractivity (Wildman–Crippen MR) is 95.8 cm³/mol. The number of amides is 2. The molecule has 1 aromatic carbocycles. The number of hydrogen-bond donors (Lipinski definition) is 5. The topological polar surface area (TPSA) is 136 Å². The Morgan fingerprint density at radius 1 is 1.17 bits per heavy atom. The molecule has 29 heavy (non-hydrogen) atoms. The van der Waals surface area contributed by atoms with E-state index in [9.17, 15) is 28.3 Å². The van der Waals surface area contributed by atoms with Crippen LogP contribution in [0.5, 0.6) is 0 Å². The predicted octanol–water partition coefficient (Wildman–Crippen LogP) is 0.526. The minimum absolute atomic E-state index is 0.0103. The molecular weight excluding hydrogens is 390 g/mol. The molecular formula is C19H18F2N2O6. The SMILES string of the molecule is CC(O)(C(F)F)C(NC(=O)c1ccc(C#CC#CCCC(=O)O)cc1)C(=O)NO. The molecule has 0 aliphatic heterocycles. The molecule has 0 heterocycles. The van der Waals surface area contributed by atoms with Gasteiger partial charge < -0.3 is 15.5 Å². The van der Waals surface area contributed by atoms with Gasteiger partial charge in [-0.2, -0.15) is 0 Å². The number of halogens is 2. The first-order chi connectivity index (χ1) is 13.6. The second-order valence-electron chi connectivity index (χ2n) is 5.93. The van der Waals surface area contributed by atoms with E-state index in [1.807, 2.05) is 5.32 Å². The van der Waals surface area contributed by atoms with Gasteiger partial charge >= 0.3 is 5.97 Å². The third-order valence-electron chi connectivity index (χ3n) is 3.64. The molecule has 5 N–H and O–H groups in total. The first kappa shape index (κ1) is 23.6. The van der Waals surface area contributed by atoms with E-state index < -0.39 is 35.9 Å². The molecule has 0 bridgehead atoms. The normalized spacial score (nSPS) is 13.0. The molecule has 0 saturated heterocycles. The molecule has 0 spiro atoms. The van der Waals surface area contributed by atoms with Crippen molar-refractivity contribution in [1.82, 2.24) is 10.8 Å². The summed E-state index contributed by atoms with van der Waals surface area (Å²) in [6, 6.07) is 3.38. The van der Waals surface area contributed by atoms with Gasteiger partial charge in [-0.25, -0.2) is 14.3 Å². The highest BCUT2D eigenvalue weighted by atomic mass is 19.3. The zero-order chi connectivity index (χ0) is 22.0. The van der Waals surface area contributed by atoms with Gasteiger partial charge in [-0.05, 0) is 43.0 Å². The van der Waals surface area contributed by atoms with Crippen LogP contribution in [0, 0.1) is 23.7 Å². The Labute approximate surface area is 164 Å². The van der Waals surface area contributed by atoms with Gasteiger partial charge in [0.25, 0.3) is 18.2 Å². The smallest absolute Gasteiger partial charge is 0.304 e. The Morgan fingerprint density at radius 2 is 1.79 bits per heavy atom. The summed E-state index contributed by atoms with van der Waals surface area (Å²) < 4.78 is 26.0. The second-order valence-corrected chi connectivity index (χ2v) is 5.93. The zero-order valence-electron chi connectivity index (χ0n) is 15.2. The largest absolute Gasteiger partial charge is 0.481 e. The molecule has 0 radical (unpaired) electrons. The van der Waals surface area contributed by atoms with Gasteiger partial charge in [0.05, 0.1) is 6.42 Å². The fourth-order valence-corrected chi connectivity index (χ4v) is 1.97. The molecule has 10 heteroatoms. The first-order valence-electron chi connectivity index (χ1n) is 8.15. The van der Waals surface area contributed by atoms with Crippen molar-refractivity contribution in [2.45, 2.75) is 37.8 Å². The summed E-state index contributed by atoms with van der Waals surface area (Å²) in [5.41, 5.74) is -1.34. The molecule has 0 saturated carbocycles. The molecule has 1 aromatic rings. The van der Waals surface area contributed by atoms with E-state index in [1.165, 1.54) is 24.3 Å². The Kier molecular flexibility index (Phi) is 8.74. The molecule has 2 atom stereocenters. The standard InChI is InChI=1S/C19H18F2N2O6/c1-19(28,18(20)21)15(17(27)23-29)22-16(26)13-10-8-12(9-11-13)6-4-2-3-5-7-14(24)25/h8-11,15,18,28-29H,5,7H2,1H3,(H,22,26)(H,23,27)(H,24,25). The lowest BCUT2D eigenvalue weighted by atomic mass is 9.95. The number of hydrogen-bond acceptors (Lipinski definition) is 5. The quantitative estimate of drug-likeness (QED) is 0.254. The summed E-state index contributed by atoms with van der Waals surface area (Å²) in [4.78, 5) is 34.1. The monoisotopic (exact) mass is 408 g/mol. The van der Waals surface area contributed by atoms with Crippen molar-refractivity contribution in [3.8, 4) is 23.7 Å². The van der Waals surface area contributed by atoms with Crippen molar-refractivity contribution in [3.05, 3.63) is 35.4 Å². The van der Waals surface area contributed by atoms with Crippen LogP contribution in [0.15, 0.2) is 24.3 Å². The number of nitrogens with one attached hydrogen (secondary N) is 2. The van der Waals surface area contributed by atoms with Gasteiger partial charge in [0.2, 0.25) is 0 Å². The maximum atomic E-state index is 13.0. The molecule has 154 valence electrons. The Hall–Kier alpha value is -3.47. The minimum atomic E-state index is -3.38. The lowest BCUT2D eigenvalue weighted by Crippen LogP contribution is -2.61. The number of carboxylic acid groups (broad SMARTS) is 1. The van der Waals surface area contributed by atoms with E-state index >= 15 is 0 Å². The van der Waals surface area contributed by atoms with Gasteiger partial charge in [0.15, 0.2) is 5.60 Å². The number of benzene rings is 1. The van der Waals surface area contributed by atoms with Crippen molar-refractivity contribution in [2.24, 2.45) is 0 Å². The third kappa shape index (κ3) is 7.22. The van der Waals surface area contributed by atoms with Crippen LogP contribution in [0.1, 0.15) is 35.7 Å². The fraction of sp³-hybridized carbons (Fsp3) is 0.316. The maximum Gasteiger partial charge on any atom is 0.304 e. The molecule has 0 aliphatic carbocycles. The summed E-state index contributed by atoms with van der Waals surface area (Å²) in [6.45, 7) is 0.647. The summed E-state index contributed by atoms with van der Waals surface area (Å²) >= 11 is 0. The Morgan fingerprint density at radius 3 is 2.31 bits per heavy atom. The number of alkyl halides is 2.